The largest absolute Gasteiger partial charge is 0.480 e. The summed E-state index contributed by atoms with van der Waals surface area (Å²) in [6.45, 7) is 7.32. The predicted molar refractivity (Wildman–Crippen MR) is 78.6 cm³/mol. The fraction of sp³-hybridized carbons (Fsp3) is 0.500. The second-order valence-electron chi connectivity index (χ2n) is 5.49. The number of amides is 1. The summed E-state index contributed by atoms with van der Waals surface area (Å²) in [6, 6.07) is 8.01. The molecule has 0 aliphatic carbocycles. The molecule has 1 N–H and O–H groups in total. The molecule has 0 bridgehead atoms. The van der Waals surface area contributed by atoms with Crippen LogP contribution in [0.3, 0.4) is 0 Å². The molecule has 0 unspecified atom stereocenters. The molecule has 0 spiro atoms. The zero-order chi connectivity index (χ0) is 15.3. The van der Waals surface area contributed by atoms with E-state index < -0.39 is 11.5 Å². The molecule has 0 radical (unpaired) electrons. The molecule has 0 atom stereocenters. The lowest BCUT2D eigenvalue weighted by Crippen LogP contribution is -2.52. The van der Waals surface area contributed by atoms with Crippen molar-refractivity contribution < 1.29 is 14.7 Å². The molecule has 0 fully saturated rings. The Hall–Kier alpha value is -1.84. The number of carboxylic acid groups (broad SMARTS) is 1. The van der Waals surface area contributed by atoms with Gasteiger partial charge in [0.15, 0.2) is 0 Å². The van der Waals surface area contributed by atoms with E-state index in [1.807, 2.05) is 31.2 Å². The van der Waals surface area contributed by atoms with Gasteiger partial charge in [0.1, 0.15) is 5.54 Å². The SMILES string of the molecule is CCN(C(=O)CCc1cccc(C)c1)C(C)(C)C(=O)O. The molecule has 4 heteroatoms. The minimum Gasteiger partial charge on any atom is -0.480 e. The molecule has 0 aliphatic heterocycles. The van der Waals surface area contributed by atoms with Crippen molar-refractivity contribution in [1.82, 2.24) is 4.90 Å². The summed E-state index contributed by atoms with van der Waals surface area (Å²) in [5.74, 6) is -1.11. The highest BCUT2D eigenvalue weighted by Gasteiger charge is 2.36. The van der Waals surface area contributed by atoms with Crippen LogP contribution in [0.2, 0.25) is 0 Å². The van der Waals surface area contributed by atoms with Gasteiger partial charge in [-0.15, -0.1) is 0 Å². The summed E-state index contributed by atoms with van der Waals surface area (Å²) in [4.78, 5) is 24.9. The molecule has 0 saturated carbocycles. The lowest BCUT2D eigenvalue weighted by molar-refractivity contribution is -0.156. The van der Waals surface area contributed by atoms with Gasteiger partial charge in [0, 0.05) is 13.0 Å². The average Bonchev–Trinajstić information content (AvgIpc) is 2.36. The first-order valence-electron chi connectivity index (χ1n) is 6.88. The molecular formula is C16H23NO3. The minimum absolute atomic E-state index is 0.124. The Balaban J connectivity index is 2.72. The monoisotopic (exact) mass is 277 g/mol. The van der Waals surface area contributed by atoms with Crippen molar-refractivity contribution in [3.63, 3.8) is 0 Å². The molecule has 1 aromatic rings. The van der Waals surface area contributed by atoms with Crippen LogP contribution in [0, 0.1) is 6.92 Å². The van der Waals surface area contributed by atoms with Crippen LogP contribution in [-0.4, -0.2) is 34.0 Å². The van der Waals surface area contributed by atoms with E-state index in [1.165, 1.54) is 4.90 Å². The quantitative estimate of drug-likeness (QED) is 0.869. The standard InChI is InChI=1S/C16H23NO3/c1-5-17(16(3,4)15(19)20)14(18)10-9-13-8-6-7-12(2)11-13/h6-8,11H,5,9-10H2,1-4H3,(H,19,20). The van der Waals surface area contributed by atoms with Crippen LogP contribution in [0.4, 0.5) is 0 Å². The van der Waals surface area contributed by atoms with Crippen molar-refractivity contribution in [2.24, 2.45) is 0 Å². The van der Waals surface area contributed by atoms with Crippen molar-refractivity contribution in [2.45, 2.75) is 46.1 Å². The molecule has 0 heterocycles. The average molecular weight is 277 g/mol. The van der Waals surface area contributed by atoms with Crippen LogP contribution in [-0.2, 0) is 16.0 Å². The number of rotatable bonds is 6. The van der Waals surface area contributed by atoms with Crippen LogP contribution in [0.1, 0.15) is 38.3 Å². The Bertz CT molecular complexity index is 494. The minimum atomic E-state index is -1.17. The zero-order valence-electron chi connectivity index (χ0n) is 12.6. The van der Waals surface area contributed by atoms with E-state index in [0.29, 0.717) is 19.4 Å². The molecule has 1 aromatic carbocycles. The van der Waals surface area contributed by atoms with Crippen LogP contribution >= 0.6 is 0 Å². The molecule has 1 rings (SSSR count). The number of hydrogen-bond acceptors (Lipinski definition) is 2. The smallest absolute Gasteiger partial charge is 0.329 e. The summed E-state index contributed by atoms with van der Waals surface area (Å²) in [7, 11) is 0. The van der Waals surface area contributed by atoms with E-state index in [2.05, 4.69) is 0 Å². The number of aliphatic carboxylic acids is 1. The highest BCUT2D eigenvalue weighted by Crippen LogP contribution is 2.17. The fourth-order valence-corrected chi connectivity index (χ4v) is 2.25. The van der Waals surface area contributed by atoms with Crippen molar-refractivity contribution in [2.75, 3.05) is 6.54 Å². The Morgan fingerprint density at radius 1 is 1.30 bits per heavy atom. The number of carbonyl (C=O) groups is 2. The highest BCUT2D eigenvalue weighted by atomic mass is 16.4. The summed E-state index contributed by atoms with van der Waals surface area (Å²) in [6.07, 6.45) is 0.959. The topological polar surface area (TPSA) is 57.6 Å². The van der Waals surface area contributed by atoms with Gasteiger partial charge < -0.3 is 10.0 Å². The van der Waals surface area contributed by atoms with Gasteiger partial charge in [0.25, 0.3) is 0 Å². The first kappa shape index (κ1) is 16.2. The maximum Gasteiger partial charge on any atom is 0.329 e. The van der Waals surface area contributed by atoms with Gasteiger partial charge in [-0.05, 0) is 39.7 Å². The lowest BCUT2D eigenvalue weighted by atomic mass is 10.0. The van der Waals surface area contributed by atoms with Crippen LogP contribution < -0.4 is 0 Å². The van der Waals surface area contributed by atoms with Crippen molar-refractivity contribution in [3.05, 3.63) is 35.4 Å². The molecule has 4 nitrogen and oxygen atoms in total. The number of aryl methyl sites for hydroxylation is 2. The predicted octanol–water partition coefficient (Wildman–Crippen LogP) is 2.64. The van der Waals surface area contributed by atoms with Gasteiger partial charge in [-0.25, -0.2) is 4.79 Å². The van der Waals surface area contributed by atoms with Crippen LogP contribution in [0.25, 0.3) is 0 Å². The Morgan fingerprint density at radius 2 is 1.95 bits per heavy atom. The third kappa shape index (κ3) is 3.83. The summed E-state index contributed by atoms with van der Waals surface area (Å²) in [5.41, 5.74) is 1.09. The van der Waals surface area contributed by atoms with Gasteiger partial charge >= 0.3 is 5.97 Å². The second-order valence-corrected chi connectivity index (χ2v) is 5.49. The number of hydrogen-bond donors (Lipinski definition) is 1. The van der Waals surface area contributed by atoms with Gasteiger partial charge in [0.05, 0.1) is 0 Å². The first-order valence-corrected chi connectivity index (χ1v) is 6.88. The maximum absolute atomic E-state index is 12.2. The zero-order valence-corrected chi connectivity index (χ0v) is 12.6. The number of benzene rings is 1. The Labute approximate surface area is 120 Å². The highest BCUT2D eigenvalue weighted by molar-refractivity contribution is 5.86. The van der Waals surface area contributed by atoms with Gasteiger partial charge in [-0.3, -0.25) is 4.79 Å². The molecule has 110 valence electrons. The van der Waals surface area contributed by atoms with Gasteiger partial charge in [0.2, 0.25) is 5.91 Å². The Kier molecular flexibility index (Phi) is 5.31. The van der Waals surface area contributed by atoms with Crippen LogP contribution in [0.5, 0.6) is 0 Å². The first-order chi connectivity index (χ1) is 9.28. The van der Waals surface area contributed by atoms with Gasteiger partial charge in [-0.2, -0.15) is 0 Å². The molecule has 0 aliphatic rings. The van der Waals surface area contributed by atoms with Crippen LogP contribution in [0.15, 0.2) is 24.3 Å². The molecule has 0 aromatic heterocycles. The molecular weight excluding hydrogens is 254 g/mol. The summed E-state index contributed by atoms with van der Waals surface area (Å²) in [5, 5.41) is 9.22. The Morgan fingerprint density at radius 3 is 2.45 bits per heavy atom. The van der Waals surface area contributed by atoms with E-state index in [0.717, 1.165) is 11.1 Å². The van der Waals surface area contributed by atoms with E-state index >= 15 is 0 Å². The number of likely N-dealkylation sites (N-methyl/N-ethyl adjacent to an activating group) is 1. The molecule has 0 saturated heterocycles. The van der Waals surface area contributed by atoms with E-state index in [1.54, 1.807) is 20.8 Å². The van der Waals surface area contributed by atoms with Crippen molar-refractivity contribution >= 4 is 11.9 Å². The normalized spacial score (nSPS) is 11.2. The number of carboxylic acids is 1. The number of nitrogens with zero attached hydrogens (tertiary/aromatic N) is 1. The second kappa shape index (κ2) is 6.55. The summed E-state index contributed by atoms with van der Waals surface area (Å²) >= 11 is 0. The van der Waals surface area contributed by atoms with E-state index in [9.17, 15) is 14.7 Å². The molecule has 1 amide bonds. The lowest BCUT2D eigenvalue weighted by Gasteiger charge is -2.34. The summed E-state index contributed by atoms with van der Waals surface area (Å²) < 4.78 is 0. The number of carbonyl (C=O) groups excluding carboxylic acids is 1. The molecule has 20 heavy (non-hydrogen) atoms. The van der Waals surface area contributed by atoms with Gasteiger partial charge in [-0.1, -0.05) is 29.8 Å². The van der Waals surface area contributed by atoms with E-state index in [4.69, 9.17) is 0 Å². The van der Waals surface area contributed by atoms with Crippen molar-refractivity contribution in [1.29, 1.82) is 0 Å². The van der Waals surface area contributed by atoms with E-state index in [-0.39, 0.29) is 5.91 Å². The maximum atomic E-state index is 12.2. The van der Waals surface area contributed by atoms with Crippen molar-refractivity contribution in [3.8, 4) is 0 Å². The third-order valence-corrected chi connectivity index (χ3v) is 3.53. The fourth-order valence-electron chi connectivity index (χ4n) is 2.25. The third-order valence-electron chi connectivity index (χ3n) is 3.53.